The summed E-state index contributed by atoms with van der Waals surface area (Å²) >= 11 is 0. The van der Waals surface area contributed by atoms with E-state index >= 15 is 0 Å². The van der Waals surface area contributed by atoms with Crippen molar-refractivity contribution in [2.45, 2.75) is 6.92 Å². The van der Waals surface area contributed by atoms with E-state index in [0.29, 0.717) is 5.82 Å². The van der Waals surface area contributed by atoms with E-state index in [1.54, 1.807) is 0 Å². The van der Waals surface area contributed by atoms with Crippen LogP contribution in [0.2, 0.25) is 0 Å². The van der Waals surface area contributed by atoms with Crippen LogP contribution >= 0.6 is 0 Å². The van der Waals surface area contributed by atoms with Crippen LogP contribution in [0.4, 0.5) is 11.5 Å². The SMILES string of the molecule is Cc1cc2cc(N3CCOCC3)ccc2nc1N. The number of nitrogen functional groups attached to an aromatic ring is 1. The van der Waals surface area contributed by atoms with E-state index in [4.69, 9.17) is 10.5 Å². The summed E-state index contributed by atoms with van der Waals surface area (Å²) in [6.45, 7) is 5.50. The van der Waals surface area contributed by atoms with Gasteiger partial charge in [0.15, 0.2) is 0 Å². The van der Waals surface area contributed by atoms with Crippen LogP contribution in [0.15, 0.2) is 24.3 Å². The number of rotatable bonds is 1. The van der Waals surface area contributed by atoms with Crippen molar-refractivity contribution < 1.29 is 4.74 Å². The van der Waals surface area contributed by atoms with Gasteiger partial charge in [0, 0.05) is 24.2 Å². The summed E-state index contributed by atoms with van der Waals surface area (Å²) in [4.78, 5) is 6.74. The highest BCUT2D eigenvalue weighted by Crippen LogP contribution is 2.24. The van der Waals surface area contributed by atoms with Gasteiger partial charge in [-0.05, 0) is 36.8 Å². The number of nitrogens with two attached hydrogens (primary N) is 1. The smallest absolute Gasteiger partial charge is 0.127 e. The number of aromatic nitrogens is 1. The van der Waals surface area contributed by atoms with E-state index in [0.717, 1.165) is 42.8 Å². The third-order valence-electron chi connectivity index (χ3n) is 3.40. The number of aryl methyl sites for hydroxylation is 1. The summed E-state index contributed by atoms with van der Waals surface area (Å²) in [5.41, 5.74) is 9.04. The number of fused-ring (bicyclic) bond motifs is 1. The molecule has 1 aromatic carbocycles. The Labute approximate surface area is 106 Å². The predicted octanol–water partition coefficient (Wildman–Crippen LogP) is 1.96. The molecule has 1 aromatic heterocycles. The van der Waals surface area contributed by atoms with E-state index in [-0.39, 0.29) is 0 Å². The molecular weight excluding hydrogens is 226 g/mol. The first-order valence-corrected chi connectivity index (χ1v) is 6.23. The van der Waals surface area contributed by atoms with Crippen LogP contribution in [0, 0.1) is 6.92 Å². The molecule has 2 aromatic rings. The molecule has 1 aliphatic heterocycles. The Hall–Kier alpha value is -1.81. The highest BCUT2D eigenvalue weighted by atomic mass is 16.5. The standard InChI is InChI=1S/C14H17N3O/c1-10-8-11-9-12(17-4-6-18-7-5-17)2-3-13(11)16-14(10)15/h2-3,8-9H,4-7H2,1H3,(H2,15,16). The van der Waals surface area contributed by atoms with Gasteiger partial charge in [0.25, 0.3) is 0 Å². The number of anilines is 2. The third-order valence-corrected chi connectivity index (χ3v) is 3.40. The van der Waals surface area contributed by atoms with Crippen LogP contribution in [0.1, 0.15) is 5.56 Å². The predicted molar refractivity (Wildman–Crippen MR) is 73.9 cm³/mol. The zero-order valence-electron chi connectivity index (χ0n) is 10.5. The van der Waals surface area contributed by atoms with Gasteiger partial charge in [0.05, 0.1) is 18.7 Å². The average molecular weight is 243 g/mol. The van der Waals surface area contributed by atoms with Crippen molar-refractivity contribution in [3.8, 4) is 0 Å². The first-order valence-electron chi connectivity index (χ1n) is 6.23. The molecule has 0 unspecified atom stereocenters. The second kappa shape index (κ2) is 4.46. The van der Waals surface area contributed by atoms with Gasteiger partial charge in [-0.3, -0.25) is 0 Å². The molecule has 18 heavy (non-hydrogen) atoms. The summed E-state index contributed by atoms with van der Waals surface area (Å²) in [5, 5.41) is 1.14. The molecule has 0 saturated carbocycles. The van der Waals surface area contributed by atoms with Gasteiger partial charge in [-0.1, -0.05) is 0 Å². The van der Waals surface area contributed by atoms with Crippen LogP contribution in [0.5, 0.6) is 0 Å². The fourth-order valence-electron chi connectivity index (χ4n) is 2.30. The lowest BCUT2D eigenvalue weighted by Gasteiger charge is -2.29. The minimum Gasteiger partial charge on any atom is -0.383 e. The molecule has 4 heteroatoms. The topological polar surface area (TPSA) is 51.4 Å². The number of hydrogen-bond donors (Lipinski definition) is 1. The van der Waals surface area contributed by atoms with Gasteiger partial charge < -0.3 is 15.4 Å². The monoisotopic (exact) mass is 243 g/mol. The second-order valence-corrected chi connectivity index (χ2v) is 4.67. The number of hydrogen-bond acceptors (Lipinski definition) is 4. The molecule has 2 N–H and O–H groups in total. The Bertz CT molecular complexity index is 577. The van der Waals surface area contributed by atoms with Crippen molar-refractivity contribution in [2.75, 3.05) is 36.9 Å². The maximum atomic E-state index is 5.83. The van der Waals surface area contributed by atoms with Crippen molar-refractivity contribution in [1.82, 2.24) is 4.98 Å². The number of ether oxygens (including phenoxy) is 1. The van der Waals surface area contributed by atoms with Crippen molar-refractivity contribution >= 4 is 22.4 Å². The number of nitrogens with zero attached hydrogens (tertiary/aromatic N) is 2. The molecule has 1 fully saturated rings. The molecule has 0 amide bonds. The summed E-state index contributed by atoms with van der Waals surface area (Å²) in [7, 11) is 0. The molecule has 0 aliphatic carbocycles. The number of morpholine rings is 1. The van der Waals surface area contributed by atoms with E-state index in [1.165, 1.54) is 5.69 Å². The fourth-order valence-corrected chi connectivity index (χ4v) is 2.30. The number of pyridine rings is 1. The van der Waals surface area contributed by atoms with Gasteiger partial charge in [0.1, 0.15) is 5.82 Å². The summed E-state index contributed by atoms with van der Waals surface area (Å²) in [6.07, 6.45) is 0. The molecule has 0 spiro atoms. The molecule has 94 valence electrons. The first kappa shape index (κ1) is 11.3. The maximum Gasteiger partial charge on any atom is 0.127 e. The normalized spacial score (nSPS) is 16.2. The fraction of sp³-hybridized carbons (Fsp3) is 0.357. The summed E-state index contributed by atoms with van der Waals surface area (Å²) in [5.74, 6) is 0.613. The highest BCUT2D eigenvalue weighted by Gasteiger charge is 2.11. The molecule has 1 aliphatic rings. The van der Waals surface area contributed by atoms with Crippen LogP contribution in [-0.4, -0.2) is 31.3 Å². The minimum absolute atomic E-state index is 0.613. The van der Waals surface area contributed by atoms with E-state index in [9.17, 15) is 0 Å². The largest absolute Gasteiger partial charge is 0.383 e. The minimum atomic E-state index is 0.613. The van der Waals surface area contributed by atoms with Gasteiger partial charge in [-0.25, -0.2) is 4.98 Å². The van der Waals surface area contributed by atoms with Crippen molar-refractivity contribution in [1.29, 1.82) is 0 Å². The van der Waals surface area contributed by atoms with E-state index in [2.05, 4.69) is 28.1 Å². The Morgan fingerprint density at radius 3 is 2.78 bits per heavy atom. The molecule has 0 bridgehead atoms. The summed E-state index contributed by atoms with van der Waals surface area (Å²) in [6, 6.07) is 8.42. The van der Waals surface area contributed by atoms with Crippen LogP contribution in [-0.2, 0) is 4.74 Å². The Balaban J connectivity index is 2.02. The van der Waals surface area contributed by atoms with Crippen LogP contribution < -0.4 is 10.6 Å². The van der Waals surface area contributed by atoms with Crippen LogP contribution in [0.3, 0.4) is 0 Å². The molecular formula is C14H17N3O. The quantitative estimate of drug-likeness (QED) is 0.832. The zero-order valence-corrected chi connectivity index (χ0v) is 10.5. The molecule has 1 saturated heterocycles. The first-order chi connectivity index (χ1) is 8.74. The van der Waals surface area contributed by atoms with Gasteiger partial charge in [-0.15, -0.1) is 0 Å². The Kier molecular flexibility index (Phi) is 2.80. The van der Waals surface area contributed by atoms with Crippen LogP contribution in [0.25, 0.3) is 10.9 Å². The van der Waals surface area contributed by atoms with E-state index in [1.807, 2.05) is 13.0 Å². The lowest BCUT2D eigenvalue weighted by molar-refractivity contribution is 0.122. The maximum absolute atomic E-state index is 5.83. The lowest BCUT2D eigenvalue weighted by Crippen LogP contribution is -2.36. The summed E-state index contributed by atoms with van der Waals surface area (Å²) < 4.78 is 5.37. The Morgan fingerprint density at radius 1 is 1.22 bits per heavy atom. The van der Waals surface area contributed by atoms with Gasteiger partial charge in [0.2, 0.25) is 0 Å². The Morgan fingerprint density at radius 2 is 2.00 bits per heavy atom. The van der Waals surface area contributed by atoms with Gasteiger partial charge >= 0.3 is 0 Å². The second-order valence-electron chi connectivity index (χ2n) is 4.67. The third kappa shape index (κ3) is 1.99. The number of benzene rings is 1. The van der Waals surface area contributed by atoms with Gasteiger partial charge in [-0.2, -0.15) is 0 Å². The van der Waals surface area contributed by atoms with E-state index < -0.39 is 0 Å². The molecule has 3 rings (SSSR count). The molecule has 0 atom stereocenters. The van der Waals surface area contributed by atoms with Crippen molar-refractivity contribution in [3.63, 3.8) is 0 Å². The highest BCUT2D eigenvalue weighted by molar-refractivity contribution is 5.84. The van der Waals surface area contributed by atoms with Crippen molar-refractivity contribution in [2.24, 2.45) is 0 Å². The lowest BCUT2D eigenvalue weighted by atomic mass is 10.1. The zero-order chi connectivity index (χ0) is 12.5. The molecule has 2 heterocycles. The van der Waals surface area contributed by atoms with Crippen molar-refractivity contribution in [3.05, 3.63) is 29.8 Å². The molecule has 0 radical (unpaired) electrons. The average Bonchev–Trinajstić information content (AvgIpc) is 2.41. The molecule has 4 nitrogen and oxygen atoms in total.